The van der Waals surface area contributed by atoms with Gasteiger partial charge in [0, 0.05) is 59.5 Å². The first kappa shape index (κ1) is 22.4. The highest BCUT2D eigenvalue weighted by Crippen LogP contribution is 2.43. The fourth-order valence-corrected chi connectivity index (χ4v) is 5.69. The zero-order valence-corrected chi connectivity index (χ0v) is 18.9. The number of hydrogen-bond acceptors (Lipinski definition) is 6. The average molecular weight is 470 g/mol. The van der Waals surface area contributed by atoms with Gasteiger partial charge in [0.05, 0.1) is 6.54 Å². The van der Waals surface area contributed by atoms with Crippen molar-refractivity contribution >= 4 is 40.4 Å². The van der Waals surface area contributed by atoms with Gasteiger partial charge >= 0.3 is 11.4 Å². The maximum Gasteiger partial charge on any atom is 0.401 e. The van der Waals surface area contributed by atoms with Crippen molar-refractivity contribution in [2.45, 2.75) is 69.7 Å². The number of carbonyl (C=O) groups excluding carboxylic acids is 2. The third kappa shape index (κ3) is 4.69. The molecule has 1 aromatic carbocycles. The molecule has 4 bridgehead atoms. The number of halogens is 2. The molecule has 0 aliphatic carbocycles. The highest BCUT2D eigenvalue weighted by atomic mass is 35.5. The van der Waals surface area contributed by atoms with Gasteiger partial charge in [-0.25, -0.2) is 9.59 Å². The number of hydrogen-bond donors (Lipinski definition) is 1. The summed E-state index contributed by atoms with van der Waals surface area (Å²) in [6.45, 7) is 4.58. The molecule has 0 amide bonds. The van der Waals surface area contributed by atoms with Crippen LogP contribution in [0.1, 0.15) is 55.5 Å². The minimum Gasteiger partial charge on any atom is -0.486 e. The van der Waals surface area contributed by atoms with Crippen LogP contribution >= 0.6 is 23.2 Å². The quantitative estimate of drug-likeness (QED) is 0.509. The van der Waals surface area contributed by atoms with Crippen LogP contribution in [0.2, 0.25) is 5.02 Å². The number of fused-ring (bicyclic) bond motifs is 2. The summed E-state index contributed by atoms with van der Waals surface area (Å²) in [4.78, 5) is 36.0. The van der Waals surface area contributed by atoms with Gasteiger partial charge in [0.1, 0.15) is 28.8 Å². The van der Waals surface area contributed by atoms with Crippen LogP contribution in [-0.2, 0) is 16.0 Å². The highest BCUT2D eigenvalue weighted by Gasteiger charge is 2.49. The van der Waals surface area contributed by atoms with Crippen LogP contribution in [0, 0.1) is 5.92 Å². The number of ether oxygens (including phenoxy) is 2. The van der Waals surface area contributed by atoms with Crippen LogP contribution in [0.25, 0.3) is 0 Å². The zero-order valence-electron chi connectivity index (χ0n) is 17.4. The van der Waals surface area contributed by atoms with Gasteiger partial charge < -0.3 is 14.6 Å². The minimum atomic E-state index is -1.36. The summed E-state index contributed by atoms with van der Waals surface area (Å²) in [5, 5.41) is 7.71. The van der Waals surface area contributed by atoms with Crippen molar-refractivity contribution in [2.24, 2.45) is 5.92 Å². The Bertz CT molecular complexity index is 913. The van der Waals surface area contributed by atoms with Crippen LogP contribution < -0.4 is 4.74 Å². The lowest BCUT2D eigenvalue weighted by atomic mass is 9.72. The SMILES string of the molecule is CC1(C)Cc2cc(Cl)cc(C(=O)OC3CC4CC5CC(C3)N4CC5=O)c2O1.O=C(O)Cl. The summed E-state index contributed by atoms with van der Waals surface area (Å²) in [6, 6.07) is 4.24. The second-order valence-electron chi connectivity index (χ2n) is 9.35. The summed E-state index contributed by atoms with van der Waals surface area (Å²) >= 11 is 10.4. The maximum atomic E-state index is 12.9. The van der Waals surface area contributed by atoms with E-state index in [4.69, 9.17) is 31.0 Å². The number of rotatable bonds is 2. The Morgan fingerprint density at radius 2 is 1.81 bits per heavy atom. The summed E-state index contributed by atoms with van der Waals surface area (Å²) < 4.78 is 11.9. The van der Waals surface area contributed by atoms with Gasteiger partial charge in [-0.05, 0) is 38.8 Å². The predicted molar refractivity (Wildman–Crippen MR) is 114 cm³/mol. The largest absolute Gasteiger partial charge is 0.486 e. The molecular formula is C22H25Cl2NO6. The molecule has 5 aliphatic rings. The molecule has 0 spiro atoms. The number of carbonyl (C=O) groups is 3. The van der Waals surface area contributed by atoms with Crippen molar-refractivity contribution in [3.8, 4) is 5.75 Å². The van der Waals surface area contributed by atoms with E-state index < -0.39 is 5.43 Å². The third-order valence-corrected chi connectivity index (χ3v) is 6.75. The van der Waals surface area contributed by atoms with E-state index in [-0.39, 0.29) is 23.6 Å². The van der Waals surface area contributed by atoms with Crippen molar-refractivity contribution in [1.82, 2.24) is 4.90 Å². The fourth-order valence-electron chi connectivity index (χ4n) is 5.45. The van der Waals surface area contributed by atoms with Crippen LogP contribution in [0.3, 0.4) is 0 Å². The van der Waals surface area contributed by atoms with E-state index in [1.165, 1.54) is 0 Å². The number of Topliss-reactive ketones (excluding diaryl/α,β-unsaturated/α-hetero) is 1. The highest BCUT2D eigenvalue weighted by molar-refractivity contribution is 6.60. The Balaban J connectivity index is 0.000000535. The van der Waals surface area contributed by atoms with Gasteiger partial charge in [0.2, 0.25) is 0 Å². The molecule has 2 unspecified atom stereocenters. The van der Waals surface area contributed by atoms with Gasteiger partial charge in [-0.2, -0.15) is 0 Å². The molecule has 0 radical (unpaired) electrons. The van der Waals surface area contributed by atoms with E-state index in [0.717, 1.165) is 37.7 Å². The molecule has 1 N–H and O–H groups in total. The molecule has 31 heavy (non-hydrogen) atoms. The average Bonchev–Trinajstić information content (AvgIpc) is 2.94. The summed E-state index contributed by atoms with van der Waals surface area (Å²) in [7, 11) is 0. The molecule has 9 heteroatoms. The lowest BCUT2D eigenvalue weighted by Gasteiger charge is -2.54. The Hall–Kier alpha value is -1.83. The molecule has 4 saturated heterocycles. The second kappa shape index (κ2) is 8.26. The molecule has 5 aliphatic heterocycles. The van der Waals surface area contributed by atoms with E-state index in [1.54, 1.807) is 6.07 Å². The van der Waals surface area contributed by atoms with Crippen molar-refractivity contribution < 1.29 is 29.0 Å². The Labute approximate surface area is 190 Å². The van der Waals surface area contributed by atoms with E-state index in [1.807, 2.05) is 19.9 Å². The predicted octanol–water partition coefficient (Wildman–Crippen LogP) is 4.31. The summed E-state index contributed by atoms with van der Waals surface area (Å²) in [6.07, 6.45) is 4.05. The smallest absolute Gasteiger partial charge is 0.401 e. The Morgan fingerprint density at radius 1 is 1.19 bits per heavy atom. The zero-order chi connectivity index (χ0) is 22.5. The molecule has 5 heterocycles. The number of ketones is 1. The van der Waals surface area contributed by atoms with E-state index in [9.17, 15) is 9.59 Å². The molecule has 0 aromatic heterocycles. The fraction of sp³-hybridized carbons (Fsp3) is 0.591. The van der Waals surface area contributed by atoms with Crippen LogP contribution in [0.5, 0.6) is 5.75 Å². The number of piperidine rings is 4. The molecule has 2 atom stereocenters. The van der Waals surface area contributed by atoms with Crippen LogP contribution in [0.4, 0.5) is 4.79 Å². The number of nitrogens with zero attached hydrogens (tertiary/aromatic N) is 1. The molecular weight excluding hydrogens is 445 g/mol. The number of carboxylic acid groups (broad SMARTS) is 1. The lowest BCUT2D eigenvalue weighted by Crippen LogP contribution is -2.63. The molecule has 7 nitrogen and oxygen atoms in total. The van der Waals surface area contributed by atoms with Gasteiger partial charge in [0.25, 0.3) is 0 Å². The third-order valence-electron chi connectivity index (χ3n) is 6.53. The van der Waals surface area contributed by atoms with Crippen molar-refractivity contribution in [2.75, 3.05) is 6.54 Å². The van der Waals surface area contributed by atoms with Crippen molar-refractivity contribution in [3.05, 3.63) is 28.3 Å². The molecule has 1 aromatic rings. The van der Waals surface area contributed by atoms with Gasteiger partial charge in [-0.1, -0.05) is 11.6 Å². The Kier molecular flexibility index (Phi) is 5.96. The van der Waals surface area contributed by atoms with Crippen LogP contribution in [-0.4, -0.2) is 57.5 Å². The number of esters is 1. The summed E-state index contributed by atoms with van der Waals surface area (Å²) in [5.41, 5.74) is -0.319. The van der Waals surface area contributed by atoms with Gasteiger partial charge in [-0.3, -0.25) is 9.69 Å². The Morgan fingerprint density at radius 3 is 2.39 bits per heavy atom. The van der Waals surface area contributed by atoms with E-state index >= 15 is 0 Å². The molecule has 0 saturated carbocycles. The first-order valence-corrected chi connectivity index (χ1v) is 11.2. The lowest BCUT2D eigenvalue weighted by molar-refractivity contribution is -0.145. The molecule has 6 rings (SSSR count). The molecule has 4 fully saturated rings. The normalized spacial score (nSPS) is 31.7. The standard InChI is InChI=1S/C21H24ClNO4.CHClO2/c1-21(2)9-12-3-13(22)6-17(19(12)27-21)20(25)26-16-7-14-4-11-5-15(8-16)23(14)10-18(11)24;2-1(3)4/h3,6,11,14-16H,4-5,7-10H2,1-2H3;(H,3,4). The van der Waals surface area contributed by atoms with E-state index in [2.05, 4.69) is 16.5 Å². The first-order valence-electron chi connectivity index (χ1n) is 10.4. The maximum absolute atomic E-state index is 12.9. The molecule has 168 valence electrons. The number of benzene rings is 1. The van der Waals surface area contributed by atoms with Crippen molar-refractivity contribution in [3.63, 3.8) is 0 Å². The second-order valence-corrected chi connectivity index (χ2v) is 10.1. The van der Waals surface area contributed by atoms with Crippen LogP contribution in [0.15, 0.2) is 12.1 Å². The van der Waals surface area contributed by atoms with Crippen molar-refractivity contribution in [1.29, 1.82) is 0 Å². The topological polar surface area (TPSA) is 93.1 Å². The van der Waals surface area contributed by atoms with Gasteiger partial charge in [0.15, 0.2) is 0 Å². The monoisotopic (exact) mass is 469 g/mol. The van der Waals surface area contributed by atoms with E-state index in [0.29, 0.717) is 40.7 Å². The first-order chi connectivity index (χ1) is 14.5. The summed E-state index contributed by atoms with van der Waals surface area (Å²) in [5.74, 6) is 0.854. The minimum absolute atomic E-state index is 0.109. The van der Waals surface area contributed by atoms with Gasteiger partial charge in [-0.15, -0.1) is 0 Å².